The summed E-state index contributed by atoms with van der Waals surface area (Å²) in [6.07, 6.45) is 0.239. The first-order chi connectivity index (χ1) is 14.5. The van der Waals surface area contributed by atoms with E-state index in [1.165, 1.54) is 0 Å². The zero-order valence-electron chi connectivity index (χ0n) is 16.9. The minimum Gasteiger partial charge on any atom is -0.324 e. The summed E-state index contributed by atoms with van der Waals surface area (Å²) in [5.74, 6) is -1.26. The number of rotatable bonds is 5. The molecule has 1 heterocycles. The third kappa shape index (κ3) is 3.62. The minimum atomic E-state index is -0.958. The number of amides is 3. The van der Waals surface area contributed by atoms with Crippen molar-refractivity contribution >= 4 is 23.4 Å². The average molecular weight is 398 g/mol. The second kappa shape index (κ2) is 7.95. The first-order valence-electron chi connectivity index (χ1n) is 9.84. The van der Waals surface area contributed by atoms with E-state index in [-0.39, 0.29) is 12.3 Å². The van der Waals surface area contributed by atoms with Crippen molar-refractivity contribution in [2.75, 3.05) is 5.32 Å². The van der Waals surface area contributed by atoms with E-state index < -0.39 is 17.9 Å². The molecule has 4 rings (SSSR count). The highest BCUT2D eigenvalue weighted by Gasteiger charge is 2.42. The fraction of sp³-hybridized carbons (Fsp3) is 0.160. The van der Waals surface area contributed by atoms with Crippen molar-refractivity contribution in [3.63, 3.8) is 0 Å². The molecule has 1 atom stereocenters. The molecule has 0 aliphatic carbocycles. The first kappa shape index (κ1) is 19.6. The van der Waals surface area contributed by atoms with Gasteiger partial charge < -0.3 is 5.32 Å². The van der Waals surface area contributed by atoms with Crippen molar-refractivity contribution in [3.05, 3.63) is 101 Å². The maximum absolute atomic E-state index is 13.3. The molecule has 0 fully saturated rings. The molecule has 3 amide bonds. The smallest absolute Gasteiger partial charge is 0.262 e. The van der Waals surface area contributed by atoms with Crippen LogP contribution in [0, 0.1) is 13.8 Å². The van der Waals surface area contributed by atoms with Gasteiger partial charge in [0, 0.05) is 12.1 Å². The monoisotopic (exact) mass is 398 g/mol. The van der Waals surface area contributed by atoms with Gasteiger partial charge in [0.1, 0.15) is 6.04 Å². The molecule has 0 radical (unpaired) electrons. The molecule has 0 spiro atoms. The standard InChI is InChI=1S/C25H22N2O3/c1-16-12-13-21(17(2)14-16)26-23(28)22(15-18-8-4-3-5-9-18)27-24(29)19-10-6-7-11-20(19)25(27)30/h3-14,22H,15H2,1-2H3,(H,26,28)/t22-/m0/s1. The summed E-state index contributed by atoms with van der Waals surface area (Å²) in [4.78, 5) is 40.5. The van der Waals surface area contributed by atoms with Crippen molar-refractivity contribution in [1.29, 1.82) is 0 Å². The largest absolute Gasteiger partial charge is 0.324 e. The Balaban J connectivity index is 1.69. The van der Waals surface area contributed by atoms with E-state index in [0.717, 1.165) is 21.6 Å². The van der Waals surface area contributed by atoms with Gasteiger partial charge in [-0.15, -0.1) is 0 Å². The number of aryl methyl sites for hydroxylation is 2. The van der Waals surface area contributed by atoms with Gasteiger partial charge in [-0.25, -0.2) is 0 Å². The van der Waals surface area contributed by atoms with Gasteiger partial charge in [-0.3, -0.25) is 19.3 Å². The van der Waals surface area contributed by atoms with Gasteiger partial charge in [-0.1, -0.05) is 60.2 Å². The maximum Gasteiger partial charge on any atom is 0.262 e. The molecule has 3 aromatic carbocycles. The van der Waals surface area contributed by atoms with Crippen LogP contribution in [-0.2, 0) is 11.2 Å². The zero-order valence-corrected chi connectivity index (χ0v) is 16.9. The number of hydrogen-bond donors (Lipinski definition) is 1. The van der Waals surface area contributed by atoms with Gasteiger partial charge in [0.05, 0.1) is 11.1 Å². The lowest BCUT2D eigenvalue weighted by molar-refractivity contribution is -0.119. The van der Waals surface area contributed by atoms with E-state index in [1.54, 1.807) is 24.3 Å². The summed E-state index contributed by atoms with van der Waals surface area (Å²) in [6, 6.07) is 20.8. The fourth-order valence-electron chi connectivity index (χ4n) is 3.80. The van der Waals surface area contributed by atoms with Gasteiger partial charge in [0.25, 0.3) is 11.8 Å². The lowest BCUT2D eigenvalue weighted by Crippen LogP contribution is -2.48. The van der Waals surface area contributed by atoms with Crippen molar-refractivity contribution in [2.45, 2.75) is 26.3 Å². The number of nitrogens with one attached hydrogen (secondary N) is 1. The Bertz CT molecular complexity index is 1100. The quantitative estimate of drug-likeness (QED) is 0.657. The lowest BCUT2D eigenvalue weighted by Gasteiger charge is -2.26. The van der Waals surface area contributed by atoms with Crippen molar-refractivity contribution in [1.82, 2.24) is 4.90 Å². The number of carbonyl (C=O) groups is 3. The van der Waals surface area contributed by atoms with E-state index in [4.69, 9.17) is 0 Å². The Hall–Kier alpha value is -3.73. The fourth-order valence-corrected chi connectivity index (χ4v) is 3.80. The van der Waals surface area contributed by atoms with Gasteiger partial charge in [0.2, 0.25) is 5.91 Å². The summed E-state index contributed by atoms with van der Waals surface area (Å²) in [6.45, 7) is 3.90. The average Bonchev–Trinajstić information content (AvgIpc) is 3.00. The van der Waals surface area contributed by atoms with E-state index in [1.807, 2.05) is 62.4 Å². The number of imide groups is 1. The summed E-state index contributed by atoms with van der Waals surface area (Å²) in [5, 5.41) is 2.92. The van der Waals surface area contributed by atoms with Crippen LogP contribution in [0.15, 0.2) is 72.8 Å². The number of fused-ring (bicyclic) bond motifs is 1. The third-order valence-electron chi connectivity index (χ3n) is 5.35. The highest BCUT2D eigenvalue weighted by molar-refractivity contribution is 6.23. The van der Waals surface area contributed by atoms with Crippen LogP contribution in [0.4, 0.5) is 5.69 Å². The summed E-state index contributed by atoms with van der Waals surface area (Å²) < 4.78 is 0. The normalized spacial score (nSPS) is 13.9. The second-order valence-corrected chi connectivity index (χ2v) is 7.54. The molecule has 5 nitrogen and oxygen atoms in total. The Kier molecular flexibility index (Phi) is 5.19. The summed E-state index contributed by atoms with van der Waals surface area (Å²) in [5.41, 5.74) is 4.21. The van der Waals surface area contributed by atoms with Crippen LogP contribution in [0.1, 0.15) is 37.4 Å². The van der Waals surface area contributed by atoms with Crippen molar-refractivity contribution in [3.8, 4) is 0 Å². The highest BCUT2D eigenvalue weighted by Crippen LogP contribution is 2.27. The zero-order chi connectivity index (χ0) is 21.3. The summed E-state index contributed by atoms with van der Waals surface area (Å²) in [7, 11) is 0. The van der Waals surface area contributed by atoms with Crippen LogP contribution in [0.3, 0.4) is 0 Å². The lowest BCUT2D eigenvalue weighted by atomic mass is 10.0. The molecule has 0 bridgehead atoms. The predicted molar refractivity (Wildman–Crippen MR) is 115 cm³/mol. The molecule has 1 aliphatic rings. The number of hydrogen-bond acceptors (Lipinski definition) is 3. The summed E-state index contributed by atoms with van der Waals surface area (Å²) >= 11 is 0. The molecule has 150 valence electrons. The molecular weight excluding hydrogens is 376 g/mol. The van der Waals surface area contributed by atoms with Crippen molar-refractivity contribution < 1.29 is 14.4 Å². The van der Waals surface area contributed by atoms with E-state index in [0.29, 0.717) is 16.8 Å². The number of nitrogens with zero attached hydrogens (tertiary/aromatic N) is 1. The van der Waals surface area contributed by atoms with Gasteiger partial charge in [-0.2, -0.15) is 0 Å². The Morgan fingerprint density at radius 1 is 0.867 bits per heavy atom. The van der Waals surface area contributed by atoms with Crippen LogP contribution < -0.4 is 5.32 Å². The van der Waals surface area contributed by atoms with E-state index in [9.17, 15) is 14.4 Å². The first-order valence-corrected chi connectivity index (χ1v) is 9.84. The SMILES string of the molecule is Cc1ccc(NC(=O)[C@H](Cc2ccccc2)N2C(=O)c3ccccc3C2=O)c(C)c1. The maximum atomic E-state index is 13.3. The number of anilines is 1. The Morgan fingerprint density at radius 2 is 1.47 bits per heavy atom. The van der Waals surface area contributed by atoms with Crippen LogP contribution >= 0.6 is 0 Å². The van der Waals surface area contributed by atoms with Crippen LogP contribution in [-0.4, -0.2) is 28.7 Å². The van der Waals surface area contributed by atoms with Gasteiger partial charge >= 0.3 is 0 Å². The molecule has 5 heteroatoms. The minimum absolute atomic E-state index is 0.239. The molecule has 0 unspecified atom stereocenters. The third-order valence-corrected chi connectivity index (χ3v) is 5.35. The van der Waals surface area contributed by atoms with E-state index >= 15 is 0 Å². The molecule has 3 aromatic rings. The van der Waals surface area contributed by atoms with Crippen molar-refractivity contribution in [2.24, 2.45) is 0 Å². The number of benzene rings is 3. The predicted octanol–water partition coefficient (Wildman–Crippen LogP) is 4.15. The topological polar surface area (TPSA) is 66.5 Å². The molecule has 0 saturated heterocycles. The Morgan fingerprint density at radius 3 is 2.07 bits per heavy atom. The molecule has 0 saturated carbocycles. The Labute approximate surface area is 175 Å². The molecule has 1 N–H and O–H groups in total. The van der Waals surface area contributed by atoms with Crippen LogP contribution in [0.2, 0.25) is 0 Å². The van der Waals surface area contributed by atoms with Crippen LogP contribution in [0.25, 0.3) is 0 Å². The van der Waals surface area contributed by atoms with Gasteiger partial charge in [-0.05, 0) is 43.2 Å². The number of carbonyl (C=O) groups excluding carboxylic acids is 3. The van der Waals surface area contributed by atoms with Crippen LogP contribution in [0.5, 0.6) is 0 Å². The van der Waals surface area contributed by atoms with E-state index in [2.05, 4.69) is 5.32 Å². The highest BCUT2D eigenvalue weighted by atomic mass is 16.2. The molecule has 30 heavy (non-hydrogen) atoms. The van der Waals surface area contributed by atoms with Gasteiger partial charge in [0.15, 0.2) is 0 Å². The molecule has 1 aliphatic heterocycles. The second-order valence-electron chi connectivity index (χ2n) is 7.54. The molecular formula is C25H22N2O3. The molecule has 0 aromatic heterocycles.